The Morgan fingerprint density at radius 2 is 2.29 bits per heavy atom. The molecule has 0 aromatic heterocycles. The van der Waals surface area contributed by atoms with Gasteiger partial charge in [0.05, 0.1) is 18.8 Å². The molecule has 1 aliphatic rings. The van der Waals surface area contributed by atoms with E-state index in [-0.39, 0.29) is 18.2 Å². The van der Waals surface area contributed by atoms with Gasteiger partial charge in [0, 0.05) is 26.3 Å². The highest BCUT2D eigenvalue weighted by molar-refractivity contribution is 5.69. The van der Waals surface area contributed by atoms with E-state index >= 15 is 0 Å². The predicted molar refractivity (Wildman–Crippen MR) is 64.1 cm³/mol. The molecule has 1 saturated heterocycles. The van der Waals surface area contributed by atoms with Crippen molar-refractivity contribution < 1.29 is 19.4 Å². The number of hydrogen-bond donors (Lipinski definition) is 1. The van der Waals surface area contributed by atoms with Crippen LogP contribution in [0.3, 0.4) is 0 Å². The number of carboxylic acid groups (broad SMARTS) is 1. The van der Waals surface area contributed by atoms with Gasteiger partial charge >= 0.3 is 5.97 Å². The van der Waals surface area contributed by atoms with Crippen LogP contribution in [0.4, 0.5) is 0 Å². The molecule has 1 fully saturated rings. The van der Waals surface area contributed by atoms with E-state index < -0.39 is 5.97 Å². The van der Waals surface area contributed by atoms with Crippen LogP contribution in [0.5, 0.6) is 0 Å². The molecule has 0 radical (unpaired) electrons. The summed E-state index contributed by atoms with van der Waals surface area (Å²) in [5.74, 6) is -0.787. The number of methoxy groups -OCH3 is 1. The van der Waals surface area contributed by atoms with E-state index in [1.165, 1.54) is 0 Å². The van der Waals surface area contributed by atoms with Gasteiger partial charge < -0.3 is 14.6 Å². The molecule has 1 aliphatic heterocycles. The SMILES string of the molecule is COCCN(CC(=O)O)C1CCOC(C)(C)C1. The summed E-state index contributed by atoms with van der Waals surface area (Å²) in [5, 5.41) is 8.93. The van der Waals surface area contributed by atoms with Crippen LogP contribution in [0.2, 0.25) is 0 Å². The molecule has 0 bridgehead atoms. The quantitative estimate of drug-likeness (QED) is 0.756. The van der Waals surface area contributed by atoms with E-state index in [4.69, 9.17) is 14.6 Å². The standard InChI is InChI=1S/C12H23NO4/c1-12(2)8-10(4-6-17-12)13(5-7-16-3)9-11(14)15/h10H,4-9H2,1-3H3,(H,14,15). The first-order valence-electron chi connectivity index (χ1n) is 6.03. The average molecular weight is 245 g/mol. The molecule has 0 spiro atoms. The molecular weight excluding hydrogens is 222 g/mol. The summed E-state index contributed by atoms with van der Waals surface area (Å²) in [4.78, 5) is 12.8. The second kappa shape index (κ2) is 6.33. The third kappa shape index (κ3) is 5.02. The third-order valence-corrected chi connectivity index (χ3v) is 3.11. The largest absolute Gasteiger partial charge is 0.480 e. The average Bonchev–Trinajstić information content (AvgIpc) is 2.22. The molecular formula is C12H23NO4. The minimum absolute atomic E-state index is 0.0735. The Bertz CT molecular complexity index is 255. The Balaban J connectivity index is 2.57. The Hall–Kier alpha value is -0.650. The van der Waals surface area contributed by atoms with Crippen molar-refractivity contribution in [2.75, 3.05) is 33.4 Å². The molecule has 1 rings (SSSR count). The molecule has 0 aliphatic carbocycles. The third-order valence-electron chi connectivity index (χ3n) is 3.11. The smallest absolute Gasteiger partial charge is 0.317 e. The molecule has 1 heterocycles. The van der Waals surface area contributed by atoms with Crippen LogP contribution in [0.15, 0.2) is 0 Å². The van der Waals surface area contributed by atoms with Crippen molar-refractivity contribution in [1.29, 1.82) is 0 Å². The Labute approximate surface area is 103 Å². The van der Waals surface area contributed by atoms with E-state index in [1.54, 1.807) is 7.11 Å². The highest BCUT2D eigenvalue weighted by atomic mass is 16.5. The molecule has 1 N–H and O–H groups in total. The number of rotatable bonds is 6. The number of aliphatic carboxylic acids is 1. The fourth-order valence-corrected chi connectivity index (χ4v) is 2.28. The molecule has 5 nitrogen and oxygen atoms in total. The van der Waals surface area contributed by atoms with Gasteiger partial charge in [0.1, 0.15) is 0 Å². The van der Waals surface area contributed by atoms with Gasteiger partial charge in [-0.05, 0) is 26.7 Å². The summed E-state index contributed by atoms with van der Waals surface area (Å²) in [7, 11) is 1.63. The normalized spacial score (nSPS) is 23.9. The minimum atomic E-state index is -0.787. The van der Waals surface area contributed by atoms with Crippen molar-refractivity contribution in [1.82, 2.24) is 4.90 Å². The minimum Gasteiger partial charge on any atom is -0.480 e. The summed E-state index contributed by atoms with van der Waals surface area (Å²) in [6.07, 6.45) is 1.75. The van der Waals surface area contributed by atoms with Crippen LogP contribution in [-0.2, 0) is 14.3 Å². The van der Waals surface area contributed by atoms with Crippen LogP contribution in [0.25, 0.3) is 0 Å². The molecule has 5 heteroatoms. The highest BCUT2D eigenvalue weighted by Gasteiger charge is 2.32. The van der Waals surface area contributed by atoms with Gasteiger partial charge in [-0.15, -0.1) is 0 Å². The van der Waals surface area contributed by atoms with Crippen molar-refractivity contribution in [3.63, 3.8) is 0 Å². The van der Waals surface area contributed by atoms with Crippen molar-refractivity contribution in [3.05, 3.63) is 0 Å². The zero-order chi connectivity index (χ0) is 12.9. The van der Waals surface area contributed by atoms with Gasteiger partial charge in [0.2, 0.25) is 0 Å². The van der Waals surface area contributed by atoms with Crippen LogP contribution in [0.1, 0.15) is 26.7 Å². The lowest BCUT2D eigenvalue weighted by atomic mass is 9.93. The Kier molecular flexibility index (Phi) is 5.36. The Morgan fingerprint density at radius 1 is 1.59 bits per heavy atom. The molecule has 0 amide bonds. The first kappa shape index (κ1) is 14.4. The summed E-state index contributed by atoms with van der Waals surface area (Å²) in [5.41, 5.74) is -0.160. The molecule has 0 aromatic carbocycles. The number of carboxylic acids is 1. The zero-order valence-electron chi connectivity index (χ0n) is 10.9. The van der Waals surface area contributed by atoms with Crippen molar-refractivity contribution >= 4 is 5.97 Å². The van der Waals surface area contributed by atoms with Crippen molar-refractivity contribution in [3.8, 4) is 0 Å². The fraction of sp³-hybridized carbons (Fsp3) is 0.917. The number of ether oxygens (including phenoxy) is 2. The predicted octanol–water partition coefficient (Wildman–Crippen LogP) is 0.977. The second-order valence-corrected chi connectivity index (χ2v) is 5.11. The van der Waals surface area contributed by atoms with E-state index in [9.17, 15) is 4.79 Å². The molecule has 1 unspecified atom stereocenters. The topological polar surface area (TPSA) is 59.0 Å². The molecule has 0 aromatic rings. The number of nitrogens with zero attached hydrogens (tertiary/aromatic N) is 1. The van der Waals surface area contributed by atoms with E-state index in [0.717, 1.165) is 12.8 Å². The first-order chi connectivity index (χ1) is 7.94. The maximum Gasteiger partial charge on any atom is 0.317 e. The molecule has 1 atom stereocenters. The lowest BCUT2D eigenvalue weighted by molar-refractivity contribution is -0.141. The van der Waals surface area contributed by atoms with Crippen molar-refractivity contribution in [2.45, 2.75) is 38.3 Å². The van der Waals surface area contributed by atoms with Crippen LogP contribution in [-0.4, -0.2) is 61.0 Å². The number of carbonyl (C=O) groups is 1. The monoisotopic (exact) mass is 245 g/mol. The van der Waals surface area contributed by atoms with Crippen LogP contribution in [0, 0.1) is 0 Å². The lowest BCUT2D eigenvalue weighted by Crippen LogP contribution is -2.48. The zero-order valence-corrected chi connectivity index (χ0v) is 10.9. The van der Waals surface area contributed by atoms with Gasteiger partial charge in [-0.1, -0.05) is 0 Å². The van der Waals surface area contributed by atoms with Crippen molar-refractivity contribution in [2.24, 2.45) is 0 Å². The second-order valence-electron chi connectivity index (χ2n) is 5.11. The van der Waals surface area contributed by atoms with E-state index in [0.29, 0.717) is 19.8 Å². The van der Waals surface area contributed by atoms with E-state index in [2.05, 4.69) is 13.8 Å². The highest BCUT2D eigenvalue weighted by Crippen LogP contribution is 2.27. The Morgan fingerprint density at radius 3 is 2.82 bits per heavy atom. The molecule has 17 heavy (non-hydrogen) atoms. The van der Waals surface area contributed by atoms with Gasteiger partial charge in [0.15, 0.2) is 0 Å². The summed E-state index contributed by atoms with van der Waals surface area (Å²) in [6.45, 7) is 6.09. The summed E-state index contributed by atoms with van der Waals surface area (Å²) < 4.78 is 10.7. The van der Waals surface area contributed by atoms with Gasteiger partial charge in [-0.2, -0.15) is 0 Å². The first-order valence-corrected chi connectivity index (χ1v) is 6.03. The number of hydrogen-bond acceptors (Lipinski definition) is 4. The summed E-state index contributed by atoms with van der Waals surface area (Å²) in [6, 6.07) is 0.269. The molecule has 0 saturated carbocycles. The lowest BCUT2D eigenvalue weighted by Gasteiger charge is -2.40. The maximum atomic E-state index is 10.9. The summed E-state index contributed by atoms with van der Waals surface area (Å²) >= 11 is 0. The molecule has 100 valence electrons. The van der Waals surface area contributed by atoms with Gasteiger partial charge in [-0.3, -0.25) is 9.69 Å². The fourth-order valence-electron chi connectivity index (χ4n) is 2.28. The van der Waals surface area contributed by atoms with Gasteiger partial charge in [-0.25, -0.2) is 0 Å². The van der Waals surface area contributed by atoms with Gasteiger partial charge in [0.25, 0.3) is 0 Å². The van der Waals surface area contributed by atoms with Crippen LogP contribution < -0.4 is 0 Å². The maximum absolute atomic E-state index is 10.9. The van der Waals surface area contributed by atoms with Crippen LogP contribution >= 0.6 is 0 Å². The van der Waals surface area contributed by atoms with E-state index in [1.807, 2.05) is 4.90 Å².